The average molecular weight is 341 g/mol. The molecule has 0 aliphatic rings. The van der Waals surface area contributed by atoms with Gasteiger partial charge in [-0.1, -0.05) is 23.5 Å². The smallest absolute Gasteiger partial charge is 0.356 e. The van der Waals surface area contributed by atoms with Gasteiger partial charge in [0.1, 0.15) is 11.4 Å². The van der Waals surface area contributed by atoms with E-state index in [0.29, 0.717) is 5.13 Å². The first-order valence-electron chi connectivity index (χ1n) is 7.39. The molecule has 0 atom stereocenters. The maximum Gasteiger partial charge on any atom is 0.356 e. The van der Waals surface area contributed by atoms with Gasteiger partial charge in [-0.25, -0.2) is 14.8 Å². The van der Waals surface area contributed by atoms with Crippen LogP contribution in [0.25, 0.3) is 10.2 Å². The lowest BCUT2D eigenvalue weighted by atomic mass is 10.2. The zero-order chi connectivity index (χ0) is 17.1. The van der Waals surface area contributed by atoms with E-state index in [1.54, 1.807) is 13.0 Å². The van der Waals surface area contributed by atoms with Crippen molar-refractivity contribution in [2.24, 2.45) is 0 Å². The van der Waals surface area contributed by atoms with Gasteiger partial charge < -0.3 is 4.74 Å². The minimum Gasteiger partial charge on any atom is -0.461 e. The Hall–Kier alpha value is -2.80. The van der Waals surface area contributed by atoms with Crippen molar-refractivity contribution in [2.75, 3.05) is 11.9 Å². The van der Waals surface area contributed by atoms with E-state index in [9.17, 15) is 9.59 Å². The van der Waals surface area contributed by atoms with Crippen LogP contribution in [-0.2, 0) is 4.74 Å². The van der Waals surface area contributed by atoms with Crippen LogP contribution in [0.1, 0.15) is 33.5 Å². The summed E-state index contributed by atoms with van der Waals surface area (Å²) in [6.45, 7) is 3.97. The van der Waals surface area contributed by atoms with Gasteiger partial charge in [0, 0.05) is 0 Å². The third-order valence-corrected chi connectivity index (χ3v) is 4.16. The summed E-state index contributed by atoms with van der Waals surface area (Å²) in [5, 5.41) is 3.21. The molecule has 0 aliphatic heterocycles. The normalized spacial score (nSPS) is 10.6. The minimum absolute atomic E-state index is 0.101. The zero-order valence-corrected chi connectivity index (χ0v) is 14.0. The molecule has 0 saturated heterocycles. The molecule has 0 unspecified atom stereocenters. The third-order valence-electron chi connectivity index (χ3n) is 3.23. The molecule has 6 nitrogen and oxygen atoms in total. The van der Waals surface area contributed by atoms with Crippen molar-refractivity contribution >= 4 is 38.6 Å². The Morgan fingerprint density at radius 1 is 1.17 bits per heavy atom. The van der Waals surface area contributed by atoms with E-state index in [2.05, 4.69) is 15.3 Å². The van der Waals surface area contributed by atoms with Gasteiger partial charge in [-0.3, -0.25) is 10.1 Å². The van der Waals surface area contributed by atoms with Crippen molar-refractivity contribution in [1.82, 2.24) is 9.97 Å². The number of hydrogen-bond donors (Lipinski definition) is 1. The fraction of sp³-hybridized carbons (Fsp3) is 0.176. The highest BCUT2D eigenvalue weighted by Crippen LogP contribution is 2.26. The van der Waals surface area contributed by atoms with Crippen LogP contribution in [0.4, 0.5) is 5.13 Å². The number of anilines is 1. The van der Waals surface area contributed by atoms with E-state index in [-0.39, 0.29) is 18.0 Å². The average Bonchev–Trinajstić information content (AvgIpc) is 2.96. The largest absolute Gasteiger partial charge is 0.461 e. The summed E-state index contributed by atoms with van der Waals surface area (Å²) >= 11 is 1.39. The highest BCUT2D eigenvalue weighted by Gasteiger charge is 2.14. The van der Waals surface area contributed by atoms with Gasteiger partial charge in [-0.2, -0.15) is 0 Å². The number of carbonyl (C=O) groups is 2. The molecular formula is C17H15N3O3S. The fourth-order valence-electron chi connectivity index (χ4n) is 2.13. The summed E-state index contributed by atoms with van der Waals surface area (Å²) in [6, 6.07) is 10.5. The standard InChI is InChI=1S/C17H15N3O3S/c1-3-23-16(22)13-6-4-5-12(18-13)15(21)20-17-19-11-8-7-10(2)9-14(11)24-17/h4-9H,3H2,1-2H3,(H,19,20,21). The first kappa shape index (κ1) is 16.1. The topological polar surface area (TPSA) is 81.2 Å². The number of nitrogens with one attached hydrogen (secondary N) is 1. The van der Waals surface area contributed by atoms with E-state index < -0.39 is 11.9 Å². The number of rotatable bonds is 4. The molecule has 0 fully saturated rings. The monoisotopic (exact) mass is 341 g/mol. The Bertz CT molecular complexity index is 920. The van der Waals surface area contributed by atoms with Crippen molar-refractivity contribution in [1.29, 1.82) is 0 Å². The third kappa shape index (κ3) is 3.41. The number of thiazole rings is 1. The molecule has 1 amide bonds. The van der Waals surface area contributed by atoms with Crippen LogP contribution >= 0.6 is 11.3 Å². The van der Waals surface area contributed by atoms with Crippen LogP contribution in [0.15, 0.2) is 36.4 Å². The molecule has 3 rings (SSSR count). The first-order valence-corrected chi connectivity index (χ1v) is 8.21. The lowest BCUT2D eigenvalue weighted by Crippen LogP contribution is -2.16. The predicted octanol–water partition coefficient (Wildman–Crippen LogP) is 3.43. The number of fused-ring (bicyclic) bond motifs is 1. The maximum atomic E-state index is 12.3. The molecular weight excluding hydrogens is 326 g/mol. The summed E-state index contributed by atoms with van der Waals surface area (Å²) in [6.07, 6.45) is 0. The molecule has 0 spiro atoms. The number of benzene rings is 1. The van der Waals surface area contributed by atoms with Gasteiger partial charge in [0.05, 0.1) is 16.8 Å². The molecule has 7 heteroatoms. The van der Waals surface area contributed by atoms with Gasteiger partial charge in [0.15, 0.2) is 5.13 Å². The van der Waals surface area contributed by atoms with Gasteiger partial charge in [-0.15, -0.1) is 0 Å². The van der Waals surface area contributed by atoms with E-state index in [1.807, 2.05) is 25.1 Å². The Balaban J connectivity index is 1.81. The lowest BCUT2D eigenvalue weighted by molar-refractivity contribution is 0.0519. The number of carbonyl (C=O) groups excluding carboxylic acids is 2. The Morgan fingerprint density at radius 3 is 2.75 bits per heavy atom. The molecule has 24 heavy (non-hydrogen) atoms. The van der Waals surface area contributed by atoms with Crippen LogP contribution in [0.2, 0.25) is 0 Å². The fourth-order valence-corrected chi connectivity index (χ4v) is 3.09. The van der Waals surface area contributed by atoms with Crippen LogP contribution in [0, 0.1) is 6.92 Å². The lowest BCUT2D eigenvalue weighted by Gasteiger charge is -2.04. The molecule has 0 bridgehead atoms. The first-order chi connectivity index (χ1) is 11.6. The summed E-state index contributed by atoms with van der Waals surface area (Å²) < 4.78 is 5.89. The number of amides is 1. The SMILES string of the molecule is CCOC(=O)c1cccc(C(=O)Nc2nc3ccc(C)cc3s2)n1. The Labute approximate surface area is 142 Å². The van der Waals surface area contributed by atoms with Crippen LogP contribution in [0.3, 0.4) is 0 Å². The van der Waals surface area contributed by atoms with E-state index in [1.165, 1.54) is 23.5 Å². The van der Waals surface area contributed by atoms with E-state index >= 15 is 0 Å². The van der Waals surface area contributed by atoms with Gasteiger partial charge in [0.2, 0.25) is 0 Å². The van der Waals surface area contributed by atoms with Crippen LogP contribution in [0.5, 0.6) is 0 Å². The number of esters is 1. The summed E-state index contributed by atoms with van der Waals surface area (Å²) in [4.78, 5) is 32.5. The number of nitrogens with zero attached hydrogens (tertiary/aromatic N) is 2. The highest BCUT2D eigenvalue weighted by atomic mass is 32.1. The summed E-state index contributed by atoms with van der Waals surface area (Å²) in [5.41, 5.74) is 2.20. The van der Waals surface area contributed by atoms with Gasteiger partial charge in [-0.05, 0) is 43.7 Å². The van der Waals surface area contributed by atoms with Crippen molar-refractivity contribution in [3.05, 3.63) is 53.3 Å². The van der Waals surface area contributed by atoms with Crippen molar-refractivity contribution < 1.29 is 14.3 Å². The summed E-state index contributed by atoms with van der Waals surface area (Å²) in [5.74, 6) is -0.973. The molecule has 3 aromatic rings. The van der Waals surface area contributed by atoms with E-state index in [0.717, 1.165) is 15.8 Å². The van der Waals surface area contributed by atoms with Crippen molar-refractivity contribution in [3.8, 4) is 0 Å². The minimum atomic E-state index is -0.553. The second-order valence-corrected chi connectivity index (χ2v) is 6.10. The molecule has 2 heterocycles. The Morgan fingerprint density at radius 2 is 1.96 bits per heavy atom. The van der Waals surface area contributed by atoms with Crippen molar-refractivity contribution in [3.63, 3.8) is 0 Å². The number of pyridine rings is 1. The highest BCUT2D eigenvalue weighted by molar-refractivity contribution is 7.22. The van der Waals surface area contributed by atoms with Gasteiger partial charge in [0.25, 0.3) is 5.91 Å². The number of ether oxygens (including phenoxy) is 1. The predicted molar refractivity (Wildman–Crippen MR) is 92.5 cm³/mol. The Kier molecular flexibility index (Phi) is 4.52. The van der Waals surface area contributed by atoms with Crippen LogP contribution < -0.4 is 5.32 Å². The van der Waals surface area contributed by atoms with Crippen LogP contribution in [-0.4, -0.2) is 28.5 Å². The zero-order valence-electron chi connectivity index (χ0n) is 13.2. The molecule has 0 saturated carbocycles. The molecule has 1 N–H and O–H groups in total. The molecule has 122 valence electrons. The number of aromatic nitrogens is 2. The molecule has 1 aromatic carbocycles. The van der Waals surface area contributed by atoms with Crippen molar-refractivity contribution in [2.45, 2.75) is 13.8 Å². The quantitative estimate of drug-likeness (QED) is 0.735. The maximum absolute atomic E-state index is 12.3. The second-order valence-electron chi connectivity index (χ2n) is 5.07. The number of aryl methyl sites for hydroxylation is 1. The van der Waals surface area contributed by atoms with Gasteiger partial charge >= 0.3 is 5.97 Å². The molecule has 2 aromatic heterocycles. The summed E-state index contributed by atoms with van der Waals surface area (Å²) in [7, 11) is 0. The second kappa shape index (κ2) is 6.76. The van der Waals surface area contributed by atoms with E-state index in [4.69, 9.17) is 4.74 Å². The molecule has 0 aliphatic carbocycles. The number of hydrogen-bond acceptors (Lipinski definition) is 6. The molecule has 0 radical (unpaired) electrons.